The van der Waals surface area contributed by atoms with E-state index in [1.165, 1.54) is 12.1 Å². The molecule has 22 heavy (non-hydrogen) atoms. The van der Waals surface area contributed by atoms with Gasteiger partial charge >= 0.3 is 0 Å². The SMILES string of the molecule is Cl.O=C(Cc1ccc([N+](=O)[O-])cc1Cl)N1C[C@H]2CNC[C@H]2C1. The van der Waals surface area contributed by atoms with Crippen molar-refractivity contribution in [2.45, 2.75) is 6.42 Å². The maximum Gasteiger partial charge on any atom is 0.270 e. The van der Waals surface area contributed by atoms with Crippen molar-refractivity contribution in [1.82, 2.24) is 10.2 Å². The van der Waals surface area contributed by atoms with Crippen molar-refractivity contribution in [3.8, 4) is 0 Å². The van der Waals surface area contributed by atoms with Gasteiger partial charge in [0.25, 0.3) is 5.69 Å². The molecule has 0 bridgehead atoms. The second kappa shape index (κ2) is 6.81. The Morgan fingerprint density at radius 1 is 1.36 bits per heavy atom. The van der Waals surface area contributed by atoms with Crippen molar-refractivity contribution in [2.75, 3.05) is 26.2 Å². The molecule has 0 radical (unpaired) electrons. The maximum atomic E-state index is 12.3. The third-order valence-electron chi connectivity index (χ3n) is 4.33. The lowest BCUT2D eigenvalue weighted by Gasteiger charge is -2.17. The summed E-state index contributed by atoms with van der Waals surface area (Å²) < 4.78 is 0. The summed E-state index contributed by atoms with van der Waals surface area (Å²) in [5.74, 6) is 1.16. The van der Waals surface area contributed by atoms with E-state index in [1.54, 1.807) is 6.07 Å². The van der Waals surface area contributed by atoms with E-state index in [1.807, 2.05) is 4.90 Å². The first-order valence-electron chi connectivity index (χ1n) is 6.96. The van der Waals surface area contributed by atoms with Crippen LogP contribution in [-0.4, -0.2) is 41.9 Å². The number of carbonyl (C=O) groups excluding carboxylic acids is 1. The number of hydrogen-bond donors (Lipinski definition) is 1. The molecule has 1 aromatic rings. The highest BCUT2D eigenvalue weighted by Gasteiger charge is 2.37. The largest absolute Gasteiger partial charge is 0.342 e. The number of benzene rings is 1. The normalized spacial score (nSPS) is 23.0. The average Bonchev–Trinajstić information content (AvgIpc) is 3.01. The van der Waals surface area contributed by atoms with E-state index in [0.717, 1.165) is 26.2 Å². The van der Waals surface area contributed by atoms with Crippen LogP contribution in [-0.2, 0) is 11.2 Å². The van der Waals surface area contributed by atoms with E-state index in [2.05, 4.69) is 5.32 Å². The summed E-state index contributed by atoms with van der Waals surface area (Å²) in [6.07, 6.45) is 0.198. The predicted molar refractivity (Wildman–Crippen MR) is 85.5 cm³/mol. The number of fused-ring (bicyclic) bond motifs is 1. The van der Waals surface area contributed by atoms with E-state index in [4.69, 9.17) is 11.6 Å². The number of non-ortho nitro benzene ring substituents is 1. The maximum absolute atomic E-state index is 12.3. The number of hydrogen-bond acceptors (Lipinski definition) is 4. The zero-order valence-electron chi connectivity index (χ0n) is 11.8. The molecule has 2 fully saturated rings. The number of likely N-dealkylation sites (tertiary alicyclic amines) is 1. The molecule has 2 saturated heterocycles. The first-order chi connectivity index (χ1) is 10.0. The molecule has 0 spiro atoms. The highest BCUT2D eigenvalue weighted by Crippen LogP contribution is 2.28. The molecule has 120 valence electrons. The van der Waals surface area contributed by atoms with Gasteiger partial charge in [-0.25, -0.2) is 0 Å². The topological polar surface area (TPSA) is 75.5 Å². The molecule has 6 nitrogen and oxygen atoms in total. The van der Waals surface area contributed by atoms with Gasteiger partial charge in [-0.3, -0.25) is 14.9 Å². The van der Waals surface area contributed by atoms with E-state index in [0.29, 0.717) is 17.4 Å². The lowest BCUT2D eigenvalue weighted by molar-refractivity contribution is -0.384. The summed E-state index contributed by atoms with van der Waals surface area (Å²) >= 11 is 6.03. The van der Waals surface area contributed by atoms with Gasteiger partial charge in [-0.1, -0.05) is 17.7 Å². The third-order valence-corrected chi connectivity index (χ3v) is 4.68. The molecule has 2 aliphatic rings. The van der Waals surface area contributed by atoms with E-state index in [-0.39, 0.29) is 35.4 Å². The second-order valence-electron chi connectivity index (χ2n) is 5.69. The fourth-order valence-corrected chi connectivity index (χ4v) is 3.37. The Balaban J connectivity index is 0.00000176. The predicted octanol–water partition coefficient (Wildman–Crippen LogP) is 1.89. The molecule has 0 saturated carbocycles. The van der Waals surface area contributed by atoms with Gasteiger partial charge in [0.15, 0.2) is 0 Å². The van der Waals surface area contributed by atoms with E-state index < -0.39 is 4.92 Å². The molecule has 1 aromatic carbocycles. The van der Waals surface area contributed by atoms with Crippen LogP contribution in [0.15, 0.2) is 18.2 Å². The van der Waals surface area contributed by atoms with Crippen LogP contribution in [0.5, 0.6) is 0 Å². The summed E-state index contributed by atoms with van der Waals surface area (Å²) in [4.78, 5) is 24.4. The molecular formula is C14H17Cl2N3O3. The number of halogens is 2. The lowest BCUT2D eigenvalue weighted by Crippen LogP contribution is -2.33. The molecule has 3 rings (SSSR count). The fourth-order valence-electron chi connectivity index (χ4n) is 3.13. The van der Waals surface area contributed by atoms with Crippen LogP contribution in [0.3, 0.4) is 0 Å². The lowest BCUT2D eigenvalue weighted by atomic mass is 10.0. The molecule has 0 unspecified atom stereocenters. The van der Waals surface area contributed by atoms with Crippen molar-refractivity contribution < 1.29 is 9.72 Å². The summed E-state index contributed by atoms with van der Waals surface area (Å²) in [6, 6.07) is 4.25. The Labute approximate surface area is 139 Å². The average molecular weight is 346 g/mol. The highest BCUT2D eigenvalue weighted by molar-refractivity contribution is 6.31. The molecular weight excluding hydrogens is 329 g/mol. The number of nitrogens with zero attached hydrogens (tertiary/aromatic N) is 2. The monoisotopic (exact) mass is 345 g/mol. The quantitative estimate of drug-likeness (QED) is 0.670. The summed E-state index contributed by atoms with van der Waals surface area (Å²) in [5, 5.41) is 14.3. The minimum absolute atomic E-state index is 0. The number of amides is 1. The van der Waals surface area contributed by atoms with Crippen molar-refractivity contribution >= 4 is 35.6 Å². The van der Waals surface area contributed by atoms with Gasteiger partial charge in [-0.15, -0.1) is 12.4 Å². The van der Waals surface area contributed by atoms with Crippen LogP contribution in [0, 0.1) is 22.0 Å². The number of nitro benzene ring substituents is 1. The Bertz CT molecular complexity index is 585. The van der Waals surface area contributed by atoms with Crippen molar-refractivity contribution in [2.24, 2.45) is 11.8 Å². The second-order valence-corrected chi connectivity index (χ2v) is 6.09. The van der Waals surface area contributed by atoms with E-state index >= 15 is 0 Å². The van der Waals surface area contributed by atoms with Gasteiger partial charge in [0, 0.05) is 38.3 Å². The van der Waals surface area contributed by atoms with Crippen LogP contribution in [0.1, 0.15) is 5.56 Å². The summed E-state index contributed by atoms with van der Waals surface area (Å²) in [7, 11) is 0. The number of rotatable bonds is 3. The van der Waals surface area contributed by atoms with Gasteiger partial charge in [0.1, 0.15) is 0 Å². The molecule has 0 aromatic heterocycles. The first-order valence-corrected chi connectivity index (χ1v) is 7.33. The zero-order chi connectivity index (χ0) is 15.0. The van der Waals surface area contributed by atoms with E-state index in [9.17, 15) is 14.9 Å². The summed E-state index contributed by atoms with van der Waals surface area (Å²) in [6.45, 7) is 3.54. The van der Waals surface area contributed by atoms with Crippen LogP contribution >= 0.6 is 24.0 Å². The van der Waals surface area contributed by atoms with Gasteiger partial charge < -0.3 is 10.2 Å². The smallest absolute Gasteiger partial charge is 0.270 e. The van der Waals surface area contributed by atoms with Crippen LogP contribution < -0.4 is 5.32 Å². The molecule has 1 amide bonds. The Hall–Kier alpha value is -1.37. The molecule has 2 aliphatic heterocycles. The van der Waals surface area contributed by atoms with Crippen LogP contribution in [0.25, 0.3) is 0 Å². The first kappa shape index (κ1) is 17.0. The molecule has 1 N–H and O–H groups in total. The minimum atomic E-state index is -0.494. The van der Waals surface area contributed by atoms with Crippen molar-refractivity contribution in [3.05, 3.63) is 38.9 Å². The van der Waals surface area contributed by atoms with Gasteiger partial charge in [-0.2, -0.15) is 0 Å². The fraction of sp³-hybridized carbons (Fsp3) is 0.500. The number of nitro groups is 1. The minimum Gasteiger partial charge on any atom is -0.342 e. The summed E-state index contributed by atoms with van der Waals surface area (Å²) in [5.41, 5.74) is 0.584. The zero-order valence-corrected chi connectivity index (χ0v) is 13.4. The van der Waals surface area contributed by atoms with Crippen molar-refractivity contribution in [1.29, 1.82) is 0 Å². The van der Waals surface area contributed by atoms with Crippen LogP contribution in [0.4, 0.5) is 5.69 Å². The Morgan fingerprint density at radius 2 is 2.00 bits per heavy atom. The molecule has 0 aliphatic carbocycles. The Kier molecular flexibility index (Phi) is 5.26. The van der Waals surface area contributed by atoms with Gasteiger partial charge in [0.2, 0.25) is 5.91 Å². The molecule has 2 atom stereocenters. The number of nitrogens with one attached hydrogen (secondary N) is 1. The third kappa shape index (κ3) is 3.34. The molecule has 2 heterocycles. The van der Waals surface area contributed by atoms with Gasteiger partial charge in [-0.05, 0) is 17.4 Å². The van der Waals surface area contributed by atoms with Crippen LogP contribution in [0.2, 0.25) is 5.02 Å². The highest BCUT2D eigenvalue weighted by atomic mass is 35.5. The Morgan fingerprint density at radius 3 is 2.55 bits per heavy atom. The van der Waals surface area contributed by atoms with Crippen molar-refractivity contribution in [3.63, 3.8) is 0 Å². The number of carbonyl (C=O) groups is 1. The standard InChI is InChI=1S/C14H16ClN3O3.ClH/c15-13-4-12(18(20)21)2-1-9(13)3-14(19)17-7-10-5-16-6-11(10)8-17;/h1-2,4,10-11,16H,3,5-8H2;1H/t10-,11+;. The van der Waals surface area contributed by atoms with Gasteiger partial charge in [0.05, 0.1) is 16.4 Å². The molecule has 8 heteroatoms.